The number of amides is 1. The van der Waals surface area contributed by atoms with Gasteiger partial charge in [0, 0.05) is 44.0 Å². The van der Waals surface area contributed by atoms with Crippen LogP contribution < -0.4 is 5.32 Å². The van der Waals surface area contributed by atoms with Gasteiger partial charge in [-0.3, -0.25) is 9.69 Å². The predicted octanol–water partition coefficient (Wildman–Crippen LogP) is 4.99. The van der Waals surface area contributed by atoms with Crippen LogP contribution in [0.4, 0.5) is 16.1 Å². The number of carbonyl (C=O) groups is 1. The Hall–Kier alpha value is -3.79. The van der Waals surface area contributed by atoms with Gasteiger partial charge >= 0.3 is 0 Å². The van der Waals surface area contributed by atoms with Crippen LogP contribution in [-0.2, 0) is 16.0 Å². The number of rotatable bonds is 6. The number of hydrogen-bond donors (Lipinski definition) is 1. The summed E-state index contributed by atoms with van der Waals surface area (Å²) in [4.78, 5) is 21.4. The summed E-state index contributed by atoms with van der Waals surface area (Å²) < 4.78 is 32.0. The van der Waals surface area contributed by atoms with Gasteiger partial charge in [-0.2, -0.15) is 4.98 Å². The highest BCUT2D eigenvalue weighted by Crippen LogP contribution is 2.33. The number of nitrogens with one attached hydrogen (secondary N) is 1. The Balaban J connectivity index is 1.21. The van der Waals surface area contributed by atoms with Gasteiger partial charge in [-0.15, -0.1) is 0 Å². The third-order valence-corrected chi connectivity index (χ3v) is 7.32. The summed E-state index contributed by atoms with van der Waals surface area (Å²) in [5.74, 6) is -0.885. The summed E-state index contributed by atoms with van der Waals surface area (Å²) in [6.45, 7) is 8.31. The van der Waals surface area contributed by atoms with Gasteiger partial charge in [-0.1, -0.05) is 24.3 Å². The van der Waals surface area contributed by atoms with Gasteiger partial charge < -0.3 is 24.1 Å². The van der Waals surface area contributed by atoms with Crippen LogP contribution in [0.25, 0.3) is 22.2 Å². The molecule has 0 spiro atoms. The second kappa shape index (κ2) is 11.1. The molecular formula is C30H31FN4O4. The molecule has 39 heavy (non-hydrogen) atoms. The van der Waals surface area contributed by atoms with Crippen LogP contribution in [0.5, 0.6) is 0 Å². The van der Waals surface area contributed by atoms with Gasteiger partial charge in [0.05, 0.1) is 32.0 Å². The molecule has 2 aliphatic rings. The lowest BCUT2D eigenvalue weighted by Gasteiger charge is -2.27. The first-order valence-corrected chi connectivity index (χ1v) is 13.3. The lowest BCUT2D eigenvalue weighted by atomic mass is 10.0. The van der Waals surface area contributed by atoms with Gasteiger partial charge in [-0.25, -0.2) is 4.39 Å². The molecule has 202 valence electrons. The van der Waals surface area contributed by atoms with E-state index in [-0.39, 0.29) is 11.5 Å². The fourth-order valence-electron chi connectivity index (χ4n) is 5.10. The van der Waals surface area contributed by atoms with Crippen molar-refractivity contribution in [2.75, 3.05) is 57.9 Å². The molecule has 1 amide bonds. The number of morpholine rings is 2. The normalized spacial score (nSPS) is 16.5. The molecule has 3 heterocycles. The number of nitrogens with zero attached hydrogens (tertiary/aromatic N) is 3. The van der Waals surface area contributed by atoms with Crippen molar-refractivity contribution < 1.29 is 23.1 Å². The molecule has 0 bridgehead atoms. The predicted molar refractivity (Wildman–Crippen MR) is 147 cm³/mol. The minimum Gasteiger partial charge on any atom is -0.423 e. The Morgan fingerprint density at radius 2 is 1.74 bits per heavy atom. The number of para-hydroxylation sites is 1. The molecule has 8 nitrogen and oxygen atoms in total. The van der Waals surface area contributed by atoms with E-state index in [1.807, 2.05) is 24.3 Å². The summed E-state index contributed by atoms with van der Waals surface area (Å²) in [5, 5.41) is 3.27. The van der Waals surface area contributed by atoms with E-state index in [9.17, 15) is 4.79 Å². The van der Waals surface area contributed by atoms with Gasteiger partial charge in [-0.05, 0) is 53.9 Å². The van der Waals surface area contributed by atoms with Crippen molar-refractivity contribution in [3.8, 4) is 11.1 Å². The van der Waals surface area contributed by atoms with Crippen molar-refractivity contribution >= 4 is 28.7 Å². The molecule has 0 unspecified atom stereocenters. The quantitative estimate of drug-likeness (QED) is 0.376. The molecule has 4 aromatic rings. The molecule has 1 aromatic heterocycles. The molecule has 1 N–H and O–H groups in total. The minimum atomic E-state index is -0.563. The van der Waals surface area contributed by atoms with Gasteiger partial charge in [0.15, 0.2) is 5.58 Å². The third kappa shape index (κ3) is 5.52. The van der Waals surface area contributed by atoms with Crippen LogP contribution in [0.1, 0.15) is 21.5 Å². The monoisotopic (exact) mass is 530 g/mol. The SMILES string of the molecule is Cc1cc(Nc2nc3cccc(-c4ccc(C(=O)N5CCOCC5)c(F)c4)c3o2)ccc1CN1CCOCC1. The van der Waals surface area contributed by atoms with E-state index < -0.39 is 5.82 Å². The van der Waals surface area contributed by atoms with Crippen LogP contribution in [-0.4, -0.2) is 73.3 Å². The van der Waals surface area contributed by atoms with E-state index in [1.165, 1.54) is 23.3 Å². The highest BCUT2D eigenvalue weighted by molar-refractivity contribution is 5.96. The number of anilines is 2. The zero-order chi connectivity index (χ0) is 26.8. The van der Waals surface area contributed by atoms with E-state index in [0.29, 0.717) is 54.5 Å². The third-order valence-electron chi connectivity index (χ3n) is 7.32. The number of fused-ring (bicyclic) bond motifs is 1. The number of ether oxygens (including phenoxy) is 2. The number of halogens is 1. The Labute approximate surface area is 226 Å². The molecule has 3 aromatic carbocycles. The fraction of sp³-hybridized carbons (Fsp3) is 0.333. The van der Waals surface area contributed by atoms with E-state index in [2.05, 4.69) is 34.3 Å². The molecule has 2 saturated heterocycles. The van der Waals surface area contributed by atoms with Crippen LogP contribution in [0.2, 0.25) is 0 Å². The Kier molecular flexibility index (Phi) is 7.28. The lowest BCUT2D eigenvalue weighted by Crippen LogP contribution is -2.41. The van der Waals surface area contributed by atoms with Crippen molar-refractivity contribution in [3.05, 3.63) is 77.1 Å². The van der Waals surface area contributed by atoms with E-state index in [1.54, 1.807) is 11.0 Å². The van der Waals surface area contributed by atoms with Crippen molar-refractivity contribution in [2.24, 2.45) is 0 Å². The first-order valence-electron chi connectivity index (χ1n) is 13.3. The van der Waals surface area contributed by atoms with Gasteiger partial charge in [0.25, 0.3) is 11.9 Å². The van der Waals surface area contributed by atoms with E-state index in [0.717, 1.165) is 38.5 Å². The fourth-order valence-corrected chi connectivity index (χ4v) is 5.10. The van der Waals surface area contributed by atoms with Gasteiger partial charge in [0.2, 0.25) is 0 Å². The molecule has 2 aliphatic heterocycles. The average molecular weight is 531 g/mol. The van der Waals surface area contributed by atoms with E-state index >= 15 is 4.39 Å². The smallest absolute Gasteiger partial charge is 0.300 e. The number of carbonyl (C=O) groups excluding carboxylic acids is 1. The van der Waals surface area contributed by atoms with Gasteiger partial charge in [0.1, 0.15) is 11.3 Å². The first-order chi connectivity index (χ1) is 19.0. The maximum Gasteiger partial charge on any atom is 0.300 e. The largest absolute Gasteiger partial charge is 0.423 e. The zero-order valence-corrected chi connectivity index (χ0v) is 21.9. The number of hydrogen-bond acceptors (Lipinski definition) is 7. The molecule has 6 rings (SSSR count). The minimum absolute atomic E-state index is 0.0557. The Morgan fingerprint density at radius 1 is 0.974 bits per heavy atom. The van der Waals surface area contributed by atoms with Crippen molar-refractivity contribution in [3.63, 3.8) is 0 Å². The van der Waals surface area contributed by atoms with Crippen LogP contribution in [0, 0.1) is 12.7 Å². The number of oxazole rings is 1. The highest BCUT2D eigenvalue weighted by atomic mass is 19.1. The second-order valence-electron chi connectivity index (χ2n) is 9.93. The maximum absolute atomic E-state index is 15.1. The molecule has 0 aliphatic carbocycles. The summed E-state index contributed by atoms with van der Waals surface area (Å²) in [6.07, 6.45) is 0. The highest BCUT2D eigenvalue weighted by Gasteiger charge is 2.22. The summed E-state index contributed by atoms with van der Waals surface area (Å²) in [5.41, 5.74) is 5.92. The molecular weight excluding hydrogens is 499 g/mol. The van der Waals surface area contributed by atoms with Crippen molar-refractivity contribution in [1.29, 1.82) is 0 Å². The molecule has 9 heteroatoms. The van der Waals surface area contributed by atoms with Crippen LogP contribution in [0.15, 0.2) is 59.0 Å². The topological polar surface area (TPSA) is 80.1 Å². The second-order valence-corrected chi connectivity index (χ2v) is 9.93. The standard InChI is InChI=1S/C30H31FN4O4/c1-20-17-23(7-5-22(20)19-34-9-13-37-14-10-34)32-30-33-27-4-2-3-24(28(27)39-30)21-6-8-25(26(31)18-21)29(36)35-11-15-38-16-12-35/h2-8,17-18H,9-16,19H2,1H3,(H,32,33). The Bertz CT molecular complexity index is 1490. The molecule has 0 saturated carbocycles. The zero-order valence-electron chi connectivity index (χ0n) is 21.9. The Morgan fingerprint density at radius 3 is 2.49 bits per heavy atom. The number of benzene rings is 3. The lowest BCUT2D eigenvalue weighted by molar-refractivity contribution is 0.0300. The summed E-state index contributed by atoms with van der Waals surface area (Å²) in [7, 11) is 0. The maximum atomic E-state index is 15.1. The number of aryl methyl sites for hydroxylation is 1. The van der Waals surface area contributed by atoms with Crippen LogP contribution >= 0.6 is 0 Å². The average Bonchev–Trinajstić information content (AvgIpc) is 3.38. The summed E-state index contributed by atoms with van der Waals surface area (Å²) >= 11 is 0. The molecule has 0 radical (unpaired) electrons. The van der Waals surface area contributed by atoms with E-state index in [4.69, 9.17) is 13.9 Å². The van der Waals surface area contributed by atoms with Crippen molar-refractivity contribution in [2.45, 2.75) is 13.5 Å². The molecule has 2 fully saturated rings. The number of aromatic nitrogens is 1. The summed E-state index contributed by atoms with van der Waals surface area (Å²) in [6, 6.07) is 16.9. The molecule has 0 atom stereocenters. The van der Waals surface area contributed by atoms with Crippen molar-refractivity contribution in [1.82, 2.24) is 14.8 Å². The van der Waals surface area contributed by atoms with Crippen LogP contribution in [0.3, 0.4) is 0 Å². The first kappa shape index (κ1) is 25.5.